The molecule has 0 aliphatic carbocycles. The Hall–Kier alpha value is -2.22. The summed E-state index contributed by atoms with van der Waals surface area (Å²) in [4.78, 5) is 5.64. The fourth-order valence-electron chi connectivity index (χ4n) is 2.88. The molecule has 1 aliphatic rings. The van der Waals surface area contributed by atoms with Gasteiger partial charge in [0, 0.05) is 25.7 Å². The van der Waals surface area contributed by atoms with Crippen LogP contribution in [0.25, 0.3) is 0 Å². The predicted octanol–water partition coefficient (Wildman–Crippen LogP) is 3.75. The van der Waals surface area contributed by atoms with Gasteiger partial charge in [0.2, 0.25) is 5.95 Å². The molecule has 0 amide bonds. The van der Waals surface area contributed by atoms with E-state index in [1.807, 2.05) is 4.90 Å². The zero-order valence-electron chi connectivity index (χ0n) is 13.2. The highest BCUT2D eigenvalue weighted by molar-refractivity contribution is 5.45. The number of alkyl halides is 3. The van der Waals surface area contributed by atoms with Gasteiger partial charge in [-0.1, -0.05) is 6.07 Å². The number of hydrogen-bond acceptors (Lipinski definition) is 3. The van der Waals surface area contributed by atoms with Crippen molar-refractivity contribution in [2.24, 2.45) is 0 Å². The predicted molar refractivity (Wildman–Crippen MR) is 83.1 cm³/mol. The molecule has 25 heavy (non-hydrogen) atoms. The molecule has 8 heteroatoms. The lowest BCUT2D eigenvalue weighted by Crippen LogP contribution is -2.32. The highest BCUT2D eigenvalue weighted by Crippen LogP contribution is 2.32. The fourth-order valence-corrected chi connectivity index (χ4v) is 2.88. The molecular formula is C17H16F5N3. The Morgan fingerprint density at radius 1 is 1.16 bits per heavy atom. The maximum atomic E-state index is 13.3. The first-order valence-corrected chi connectivity index (χ1v) is 7.78. The largest absolute Gasteiger partial charge is 0.419 e. The van der Waals surface area contributed by atoms with E-state index in [1.54, 1.807) is 6.07 Å². The maximum Gasteiger partial charge on any atom is 0.419 e. The number of hydrogen-bond donors (Lipinski definition) is 1. The van der Waals surface area contributed by atoms with Crippen molar-refractivity contribution in [3.8, 4) is 0 Å². The topological polar surface area (TPSA) is 28.2 Å². The molecule has 1 aromatic carbocycles. The van der Waals surface area contributed by atoms with Crippen LogP contribution in [0.5, 0.6) is 0 Å². The first-order valence-electron chi connectivity index (χ1n) is 7.78. The number of aromatic nitrogens is 1. The summed E-state index contributed by atoms with van der Waals surface area (Å²) in [5.41, 5.74) is -0.0836. The van der Waals surface area contributed by atoms with Crippen molar-refractivity contribution in [3.63, 3.8) is 0 Å². The fraction of sp³-hybridized carbons (Fsp3) is 0.353. The van der Waals surface area contributed by atoms with E-state index in [4.69, 9.17) is 0 Å². The van der Waals surface area contributed by atoms with Crippen LogP contribution in [0.1, 0.15) is 17.5 Å². The smallest absolute Gasteiger partial charge is 0.369 e. The van der Waals surface area contributed by atoms with Gasteiger partial charge in [0.1, 0.15) is 5.82 Å². The summed E-state index contributed by atoms with van der Waals surface area (Å²) >= 11 is 0. The molecule has 2 heterocycles. The number of anilines is 1. The SMILES string of the molecule is Fc1ccc(N2CCC(NCc3ccc(F)c(C(F)(F)F)c3)C2)cn1. The van der Waals surface area contributed by atoms with Gasteiger partial charge in [-0.05, 0) is 36.2 Å². The minimum absolute atomic E-state index is 0.0736. The van der Waals surface area contributed by atoms with Gasteiger partial charge in [-0.25, -0.2) is 9.37 Å². The van der Waals surface area contributed by atoms with Gasteiger partial charge in [-0.2, -0.15) is 17.6 Å². The van der Waals surface area contributed by atoms with Gasteiger partial charge >= 0.3 is 6.18 Å². The van der Waals surface area contributed by atoms with Crippen LogP contribution in [-0.2, 0) is 12.7 Å². The Bertz CT molecular complexity index is 730. The Labute approximate surface area is 141 Å². The molecule has 2 aromatic rings. The van der Waals surface area contributed by atoms with Gasteiger partial charge in [0.15, 0.2) is 0 Å². The Morgan fingerprint density at radius 2 is 1.96 bits per heavy atom. The molecule has 1 N–H and O–H groups in total. The van der Waals surface area contributed by atoms with Crippen molar-refractivity contribution in [1.29, 1.82) is 0 Å². The third-order valence-electron chi connectivity index (χ3n) is 4.20. The molecular weight excluding hydrogens is 341 g/mol. The number of nitrogens with zero attached hydrogens (tertiary/aromatic N) is 2. The summed E-state index contributed by atoms with van der Waals surface area (Å²) in [6, 6.07) is 6.01. The van der Waals surface area contributed by atoms with Crippen molar-refractivity contribution in [1.82, 2.24) is 10.3 Å². The lowest BCUT2D eigenvalue weighted by molar-refractivity contribution is -0.140. The molecule has 1 aromatic heterocycles. The molecule has 1 saturated heterocycles. The van der Waals surface area contributed by atoms with Crippen LogP contribution in [-0.4, -0.2) is 24.1 Å². The summed E-state index contributed by atoms with van der Waals surface area (Å²) in [5.74, 6) is -1.82. The molecule has 1 aliphatic heterocycles. The lowest BCUT2D eigenvalue weighted by atomic mass is 10.1. The monoisotopic (exact) mass is 357 g/mol. The number of benzene rings is 1. The summed E-state index contributed by atoms with van der Waals surface area (Å²) in [7, 11) is 0. The molecule has 1 atom stereocenters. The second kappa shape index (κ2) is 6.95. The highest BCUT2D eigenvalue weighted by atomic mass is 19.4. The van der Waals surface area contributed by atoms with Crippen molar-refractivity contribution < 1.29 is 22.0 Å². The molecule has 0 bridgehead atoms. The minimum atomic E-state index is -4.71. The quantitative estimate of drug-likeness (QED) is 0.667. The van der Waals surface area contributed by atoms with Gasteiger partial charge in [0.25, 0.3) is 0 Å². The van der Waals surface area contributed by atoms with Crippen molar-refractivity contribution >= 4 is 5.69 Å². The summed E-state index contributed by atoms with van der Waals surface area (Å²) < 4.78 is 64.4. The van der Waals surface area contributed by atoms with E-state index >= 15 is 0 Å². The zero-order chi connectivity index (χ0) is 18.0. The van der Waals surface area contributed by atoms with E-state index in [9.17, 15) is 22.0 Å². The Balaban J connectivity index is 1.59. The van der Waals surface area contributed by atoms with Gasteiger partial charge < -0.3 is 10.2 Å². The number of halogens is 5. The van der Waals surface area contributed by atoms with Crippen molar-refractivity contribution in [2.45, 2.75) is 25.2 Å². The van der Waals surface area contributed by atoms with Crippen LogP contribution < -0.4 is 10.2 Å². The van der Waals surface area contributed by atoms with Crippen LogP contribution in [0.2, 0.25) is 0 Å². The van der Waals surface area contributed by atoms with Crippen LogP contribution in [0, 0.1) is 11.8 Å². The third kappa shape index (κ3) is 4.25. The molecule has 134 valence electrons. The van der Waals surface area contributed by atoms with Gasteiger partial charge in [-0.3, -0.25) is 0 Å². The van der Waals surface area contributed by atoms with Crippen LogP contribution in [0.3, 0.4) is 0 Å². The molecule has 3 nitrogen and oxygen atoms in total. The van der Waals surface area contributed by atoms with E-state index in [-0.39, 0.29) is 12.6 Å². The average Bonchev–Trinajstić information content (AvgIpc) is 3.02. The molecule has 0 radical (unpaired) electrons. The van der Waals surface area contributed by atoms with Crippen molar-refractivity contribution in [2.75, 3.05) is 18.0 Å². The first kappa shape index (κ1) is 17.6. The lowest BCUT2D eigenvalue weighted by Gasteiger charge is -2.19. The summed E-state index contributed by atoms with van der Waals surface area (Å²) in [6.07, 6.45) is -2.46. The number of pyridine rings is 1. The molecule has 3 rings (SSSR count). The second-order valence-electron chi connectivity index (χ2n) is 5.96. The van der Waals surface area contributed by atoms with E-state index in [1.165, 1.54) is 18.3 Å². The Kier molecular flexibility index (Phi) is 4.89. The molecule has 0 spiro atoms. The van der Waals surface area contributed by atoms with Gasteiger partial charge in [-0.15, -0.1) is 0 Å². The number of rotatable bonds is 4. The van der Waals surface area contributed by atoms with E-state index in [0.717, 1.165) is 30.8 Å². The minimum Gasteiger partial charge on any atom is -0.369 e. The van der Waals surface area contributed by atoms with Crippen LogP contribution >= 0.6 is 0 Å². The Morgan fingerprint density at radius 3 is 2.64 bits per heavy atom. The maximum absolute atomic E-state index is 13.3. The average molecular weight is 357 g/mol. The van der Waals surface area contributed by atoms with Crippen LogP contribution in [0.15, 0.2) is 36.5 Å². The molecule has 1 unspecified atom stereocenters. The van der Waals surface area contributed by atoms with Crippen molar-refractivity contribution in [3.05, 3.63) is 59.4 Å². The van der Waals surface area contributed by atoms with Gasteiger partial charge in [0.05, 0.1) is 17.4 Å². The standard InChI is InChI=1S/C17H16F5N3/c18-15-3-1-11(7-14(15)17(20,21)22)8-23-12-5-6-25(10-12)13-2-4-16(19)24-9-13/h1-4,7,9,12,23H,5-6,8,10H2. The van der Waals surface area contributed by atoms with Crippen LogP contribution in [0.4, 0.5) is 27.6 Å². The normalized spacial score (nSPS) is 18.0. The summed E-state index contributed by atoms with van der Waals surface area (Å²) in [5, 5.41) is 3.18. The van der Waals surface area contributed by atoms with E-state index in [0.29, 0.717) is 12.1 Å². The number of nitrogens with one attached hydrogen (secondary N) is 1. The molecule has 1 fully saturated rings. The second-order valence-corrected chi connectivity index (χ2v) is 5.96. The highest BCUT2D eigenvalue weighted by Gasteiger charge is 2.34. The summed E-state index contributed by atoms with van der Waals surface area (Å²) in [6.45, 7) is 1.59. The first-order chi connectivity index (χ1) is 11.8. The van der Waals surface area contributed by atoms with E-state index in [2.05, 4.69) is 10.3 Å². The molecule has 0 saturated carbocycles. The third-order valence-corrected chi connectivity index (χ3v) is 4.20. The zero-order valence-corrected chi connectivity index (χ0v) is 13.2. The van der Waals surface area contributed by atoms with E-state index < -0.39 is 23.5 Å².